The van der Waals surface area contributed by atoms with E-state index in [9.17, 15) is 14.4 Å². The van der Waals surface area contributed by atoms with Crippen molar-refractivity contribution >= 4 is 40.7 Å². The molecule has 2 heterocycles. The van der Waals surface area contributed by atoms with Crippen molar-refractivity contribution < 1.29 is 19.1 Å². The van der Waals surface area contributed by atoms with Gasteiger partial charge in [0.25, 0.3) is 0 Å². The predicted molar refractivity (Wildman–Crippen MR) is 116 cm³/mol. The van der Waals surface area contributed by atoms with Crippen LogP contribution < -0.4 is 5.32 Å². The molecule has 3 rings (SSSR count). The Morgan fingerprint density at radius 1 is 1.27 bits per heavy atom. The summed E-state index contributed by atoms with van der Waals surface area (Å²) in [6.45, 7) is 2.97. The maximum absolute atomic E-state index is 13.5. The molecule has 0 radical (unpaired) electrons. The van der Waals surface area contributed by atoms with Crippen LogP contribution in [0.3, 0.4) is 0 Å². The molecule has 8 heteroatoms. The second-order valence-electron chi connectivity index (χ2n) is 7.43. The lowest BCUT2D eigenvalue weighted by atomic mass is 9.74. The normalized spacial score (nSPS) is 18.8. The first-order valence-electron chi connectivity index (χ1n) is 9.78. The zero-order valence-electron chi connectivity index (χ0n) is 17.1. The Morgan fingerprint density at radius 2 is 2.03 bits per heavy atom. The van der Waals surface area contributed by atoms with Crippen molar-refractivity contribution in [1.82, 2.24) is 10.2 Å². The van der Waals surface area contributed by atoms with E-state index in [1.165, 1.54) is 16.2 Å². The number of imide groups is 1. The fourth-order valence-corrected chi connectivity index (χ4v) is 4.94. The Balaban J connectivity index is 1.84. The maximum Gasteiger partial charge on any atom is 0.240 e. The van der Waals surface area contributed by atoms with Gasteiger partial charge in [0.2, 0.25) is 17.7 Å². The zero-order valence-corrected chi connectivity index (χ0v) is 18.6. The van der Waals surface area contributed by atoms with Crippen molar-refractivity contribution in [2.24, 2.45) is 0 Å². The molecule has 2 aromatic rings. The smallest absolute Gasteiger partial charge is 0.240 e. The van der Waals surface area contributed by atoms with E-state index in [0.717, 1.165) is 16.0 Å². The topological polar surface area (TPSA) is 75.7 Å². The summed E-state index contributed by atoms with van der Waals surface area (Å²) >= 11 is 7.34. The number of hydrogen-bond acceptors (Lipinski definition) is 5. The summed E-state index contributed by atoms with van der Waals surface area (Å²) in [5.74, 6) is -0.841. The highest BCUT2D eigenvalue weighted by Gasteiger charge is 2.53. The summed E-state index contributed by atoms with van der Waals surface area (Å²) in [7, 11) is 1.58. The van der Waals surface area contributed by atoms with Crippen LogP contribution in [0.5, 0.6) is 0 Å². The number of methoxy groups -OCH3 is 1. The average Bonchev–Trinajstić information content (AvgIpc) is 3.23. The molecule has 1 fully saturated rings. The van der Waals surface area contributed by atoms with Crippen LogP contribution in [-0.4, -0.2) is 42.9 Å². The largest absolute Gasteiger partial charge is 0.385 e. The van der Waals surface area contributed by atoms with Gasteiger partial charge in [0.05, 0.1) is 16.3 Å². The molecule has 0 unspecified atom stereocenters. The Morgan fingerprint density at radius 3 is 2.70 bits per heavy atom. The number of likely N-dealkylation sites (tertiary alicyclic amines) is 1. The number of nitrogens with zero attached hydrogens (tertiary/aromatic N) is 1. The third-order valence-corrected chi connectivity index (χ3v) is 6.58. The molecule has 160 valence electrons. The molecule has 0 spiro atoms. The van der Waals surface area contributed by atoms with E-state index in [-0.39, 0.29) is 37.1 Å². The van der Waals surface area contributed by atoms with Crippen molar-refractivity contribution in [3.63, 3.8) is 0 Å². The molecule has 1 N–H and O–H groups in total. The van der Waals surface area contributed by atoms with Gasteiger partial charge in [0.1, 0.15) is 0 Å². The molecule has 6 nitrogen and oxygen atoms in total. The van der Waals surface area contributed by atoms with Crippen LogP contribution in [0, 0.1) is 6.92 Å². The number of hydrogen-bond donors (Lipinski definition) is 1. The molecule has 0 aliphatic carbocycles. The van der Waals surface area contributed by atoms with Gasteiger partial charge in [-0.05, 0) is 36.6 Å². The second-order valence-corrected chi connectivity index (χ2v) is 9.23. The maximum atomic E-state index is 13.5. The molecule has 3 amide bonds. The van der Waals surface area contributed by atoms with E-state index in [4.69, 9.17) is 16.3 Å². The Hall–Kier alpha value is -2.22. The number of carbonyl (C=O) groups is 3. The molecule has 1 aliphatic heterocycles. The fourth-order valence-electron chi connectivity index (χ4n) is 3.92. The van der Waals surface area contributed by atoms with Crippen LogP contribution in [-0.2, 0) is 31.1 Å². The molecular formula is C22H25ClN2O4S. The van der Waals surface area contributed by atoms with E-state index in [0.29, 0.717) is 23.9 Å². The minimum absolute atomic E-state index is 0.0120. The summed E-state index contributed by atoms with van der Waals surface area (Å²) in [6.07, 6.45) is 0.466. The summed E-state index contributed by atoms with van der Waals surface area (Å²) in [6, 6.07) is 11.1. The number of benzene rings is 1. The number of aryl methyl sites for hydroxylation is 1. The predicted octanol–water partition coefficient (Wildman–Crippen LogP) is 3.45. The number of rotatable bonds is 9. The van der Waals surface area contributed by atoms with E-state index < -0.39 is 5.41 Å². The molecule has 30 heavy (non-hydrogen) atoms. The molecule has 1 aliphatic rings. The molecule has 1 saturated heterocycles. The standard InChI is InChI=1S/C22H25ClN2O4S/c1-15-6-3-4-7-17(15)22(12-19(26)24-14-16-8-9-18(23)30-16)13-20(27)25(21(22)28)10-5-11-29-2/h3-4,6-9H,5,10-14H2,1-2H3,(H,24,26)/t22-/m0/s1. The van der Waals surface area contributed by atoms with Gasteiger partial charge < -0.3 is 10.1 Å². The van der Waals surface area contributed by atoms with Crippen LogP contribution in [0.2, 0.25) is 4.34 Å². The second kappa shape index (κ2) is 9.73. The number of amides is 3. The Bertz CT molecular complexity index is 945. The minimum atomic E-state index is -1.19. The first-order valence-corrected chi connectivity index (χ1v) is 11.0. The number of halogens is 1. The van der Waals surface area contributed by atoms with Crippen molar-refractivity contribution in [2.75, 3.05) is 20.3 Å². The highest BCUT2D eigenvalue weighted by Crippen LogP contribution is 2.41. The Labute approximate surface area is 185 Å². The highest BCUT2D eigenvalue weighted by atomic mass is 35.5. The summed E-state index contributed by atoms with van der Waals surface area (Å²) in [5, 5.41) is 2.87. The van der Waals surface area contributed by atoms with Crippen LogP contribution in [0.1, 0.15) is 35.3 Å². The quantitative estimate of drug-likeness (QED) is 0.471. The van der Waals surface area contributed by atoms with Crippen LogP contribution in [0.25, 0.3) is 0 Å². The van der Waals surface area contributed by atoms with E-state index in [1.54, 1.807) is 13.2 Å². The van der Waals surface area contributed by atoms with Crippen molar-refractivity contribution in [2.45, 2.75) is 38.1 Å². The van der Waals surface area contributed by atoms with Crippen LogP contribution in [0.4, 0.5) is 0 Å². The lowest BCUT2D eigenvalue weighted by Crippen LogP contribution is -2.43. The van der Waals surface area contributed by atoms with Crippen molar-refractivity contribution in [3.8, 4) is 0 Å². The van der Waals surface area contributed by atoms with Gasteiger partial charge in [-0.3, -0.25) is 19.3 Å². The van der Waals surface area contributed by atoms with E-state index in [1.807, 2.05) is 37.3 Å². The van der Waals surface area contributed by atoms with Crippen molar-refractivity contribution in [1.29, 1.82) is 0 Å². The summed E-state index contributed by atoms with van der Waals surface area (Å²) < 4.78 is 5.70. The molecule has 0 saturated carbocycles. The molecule has 1 aromatic carbocycles. The van der Waals surface area contributed by atoms with E-state index >= 15 is 0 Å². The molecular weight excluding hydrogens is 424 g/mol. The van der Waals surface area contributed by atoms with Gasteiger partial charge in [0, 0.05) is 38.0 Å². The van der Waals surface area contributed by atoms with Gasteiger partial charge in [-0.25, -0.2) is 0 Å². The lowest BCUT2D eigenvalue weighted by molar-refractivity contribution is -0.141. The molecule has 1 aromatic heterocycles. The first-order chi connectivity index (χ1) is 14.4. The average molecular weight is 449 g/mol. The van der Waals surface area contributed by atoms with Crippen LogP contribution >= 0.6 is 22.9 Å². The number of carbonyl (C=O) groups excluding carboxylic acids is 3. The zero-order chi connectivity index (χ0) is 21.7. The van der Waals surface area contributed by atoms with Gasteiger partial charge >= 0.3 is 0 Å². The number of thiophene rings is 1. The summed E-state index contributed by atoms with van der Waals surface area (Å²) in [4.78, 5) is 41.3. The van der Waals surface area contributed by atoms with Gasteiger partial charge in [-0.1, -0.05) is 35.9 Å². The SMILES string of the molecule is COCCCN1C(=O)C[C@@](CC(=O)NCc2ccc(Cl)s2)(c2ccccc2C)C1=O. The molecule has 1 atom stereocenters. The highest BCUT2D eigenvalue weighted by molar-refractivity contribution is 7.16. The van der Waals surface area contributed by atoms with Gasteiger partial charge in [-0.15, -0.1) is 11.3 Å². The third-order valence-electron chi connectivity index (χ3n) is 5.35. The van der Waals surface area contributed by atoms with Gasteiger partial charge in [-0.2, -0.15) is 0 Å². The first kappa shape index (κ1) is 22.5. The molecule has 0 bridgehead atoms. The third kappa shape index (κ3) is 4.74. The lowest BCUT2D eigenvalue weighted by Gasteiger charge is -2.28. The Kier molecular flexibility index (Phi) is 7.28. The minimum Gasteiger partial charge on any atom is -0.385 e. The number of nitrogens with one attached hydrogen (secondary N) is 1. The monoisotopic (exact) mass is 448 g/mol. The van der Waals surface area contributed by atoms with Gasteiger partial charge in [0.15, 0.2) is 0 Å². The fraction of sp³-hybridized carbons (Fsp3) is 0.409. The summed E-state index contributed by atoms with van der Waals surface area (Å²) in [5.41, 5.74) is 0.425. The van der Waals surface area contributed by atoms with E-state index in [2.05, 4.69) is 5.32 Å². The number of ether oxygens (including phenoxy) is 1. The van der Waals surface area contributed by atoms with Crippen molar-refractivity contribution in [3.05, 3.63) is 56.7 Å². The van der Waals surface area contributed by atoms with Crippen LogP contribution in [0.15, 0.2) is 36.4 Å².